The van der Waals surface area contributed by atoms with Crippen molar-refractivity contribution in [3.63, 3.8) is 0 Å². The van der Waals surface area contributed by atoms with Crippen LogP contribution in [0.4, 0.5) is 0 Å². The first-order valence-corrected chi connectivity index (χ1v) is 10.5. The van der Waals surface area contributed by atoms with Crippen molar-refractivity contribution in [3.8, 4) is 11.3 Å². The van der Waals surface area contributed by atoms with Gasteiger partial charge in [0.05, 0.1) is 13.1 Å². The summed E-state index contributed by atoms with van der Waals surface area (Å²) in [6.45, 7) is 5.22. The summed E-state index contributed by atoms with van der Waals surface area (Å²) < 4.78 is 5.52. The molecule has 1 aromatic heterocycles. The topological polar surface area (TPSA) is 61.6 Å². The Morgan fingerprint density at radius 1 is 1.00 bits per heavy atom. The number of halogens is 1. The molecule has 2 aromatic carbocycles. The minimum absolute atomic E-state index is 0.0649. The largest absolute Gasteiger partial charge is 0.359 e. The van der Waals surface area contributed by atoms with Crippen molar-refractivity contribution in [1.82, 2.24) is 20.3 Å². The van der Waals surface area contributed by atoms with Crippen LogP contribution in [0.1, 0.15) is 11.3 Å². The molecule has 1 saturated heterocycles. The highest BCUT2D eigenvalue weighted by molar-refractivity contribution is 6.30. The van der Waals surface area contributed by atoms with E-state index in [1.54, 1.807) is 0 Å². The van der Waals surface area contributed by atoms with Gasteiger partial charge in [-0.2, -0.15) is 0 Å². The molecule has 30 heavy (non-hydrogen) atoms. The first-order valence-electron chi connectivity index (χ1n) is 10.1. The number of hydrogen-bond acceptors (Lipinski definition) is 5. The molecule has 1 aliphatic heterocycles. The number of nitrogens with zero attached hydrogens (tertiary/aromatic N) is 3. The van der Waals surface area contributed by atoms with Crippen molar-refractivity contribution in [2.75, 3.05) is 32.7 Å². The number of nitrogens with one attached hydrogen (secondary N) is 1. The summed E-state index contributed by atoms with van der Waals surface area (Å²) >= 11 is 5.94. The van der Waals surface area contributed by atoms with Crippen LogP contribution >= 0.6 is 11.6 Å². The van der Waals surface area contributed by atoms with E-state index in [0.717, 1.165) is 48.8 Å². The summed E-state index contributed by atoms with van der Waals surface area (Å²) in [4.78, 5) is 16.7. The van der Waals surface area contributed by atoms with E-state index in [0.29, 0.717) is 24.7 Å². The van der Waals surface area contributed by atoms with Gasteiger partial charge < -0.3 is 9.84 Å². The number of aromatic nitrogens is 1. The molecule has 1 amide bonds. The predicted octanol–water partition coefficient (Wildman–Crippen LogP) is 3.43. The van der Waals surface area contributed by atoms with Gasteiger partial charge in [0.1, 0.15) is 5.69 Å². The first-order chi connectivity index (χ1) is 14.7. The van der Waals surface area contributed by atoms with Crippen LogP contribution < -0.4 is 5.32 Å². The molecule has 4 rings (SSSR count). The number of piperazine rings is 1. The van der Waals surface area contributed by atoms with Gasteiger partial charge in [0.15, 0.2) is 5.76 Å². The highest BCUT2D eigenvalue weighted by Gasteiger charge is 2.20. The zero-order valence-electron chi connectivity index (χ0n) is 16.8. The Morgan fingerprint density at radius 2 is 1.70 bits per heavy atom. The van der Waals surface area contributed by atoms with E-state index in [1.807, 2.05) is 60.7 Å². The van der Waals surface area contributed by atoms with Gasteiger partial charge in [-0.05, 0) is 17.7 Å². The van der Waals surface area contributed by atoms with Crippen molar-refractivity contribution in [2.24, 2.45) is 0 Å². The monoisotopic (exact) mass is 424 g/mol. The first kappa shape index (κ1) is 20.6. The van der Waals surface area contributed by atoms with Crippen LogP contribution in [0, 0.1) is 0 Å². The third kappa shape index (κ3) is 5.69. The molecule has 1 N–H and O–H groups in total. The SMILES string of the molecule is O=C(CN1CCN(Cc2cc(-c3ccc(Cl)cc3)no2)CC1)NCc1ccccc1. The zero-order valence-corrected chi connectivity index (χ0v) is 17.5. The lowest BCUT2D eigenvalue weighted by Crippen LogP contribution is -2.49. The summed E-state index contributed by atoms with van der Waals surface area (Å²) in [5.74, 6) is 0.907. The van der Waals surface area contributed by atoms with Crippen LogP contribution in [0.2, 0.25) is 5.02 Å². The maximum absolute atomic E-state index is 12.2. The molecule has 0 saturated carbocycles. The minimum Gasteiger partial charge on any atom is -0.359 e. The van der Waals surface area contributed by atoms with E-state index < -0.39 is 0 Å². The number of hydrogen-bond donors (Lipinski definition) is 1. The van der Waals surface area contributed by atoms with E-state index in [-0.39, 0.29) is 5.91 Å². The Labute approximate surface area is 181 Å². The van der Waals surface area contributed by atoms with Crippen LogP contribution in [0.3, 0.4) is 0 Å². The lowest BCUT2D eigenvalue weighted by atomic mass is 10.1. The zero-order chi connectivity index (χ0) is 20.8. The third-order valence-electron chi connectivity index (χ3n) is 5.24. The molecule has 156 valence electrons. The van der Waals surface area contributed by atoms with Crippen molar-refractivity contribution in [1.29, 1.82) is 0 Å². The van der Waals surface area contributed by atoms with Crippen LogP contribution in [0.5, 0.6) is 0 Å². The maximum atomic E-state index is 12.2. The average molecular weight is 425 g/mol. The Hall–Kier alpha value is -2.67. The fourth-order valence-electron chi connectivity index (χ4n) is 3.53. The standard InChI is InChI=1S/C23H25ClN4O2/c24-20-8-6-19(7-9-20)22-14-21(30-26-22)16-27-10-12-28(13-11-27)17-23(29)25-15-18-4-2-1-3-5-18/h1-9,14H,10-13,15-17H2,(H,25,29). The molecule has 2 heterocycles. The summed E-state index contributed by atoms with van der Waals surface area (Å²) in [6, 6.07) is 19.5. The van der Waals surface area contributed by atoms with Crippen molar-refractivity contribution in [3.05, 3.63) is 77.0 Å². The quantitative estimate of drug-likeness (QED) is 0.629. The third-order valence-corrected chi connectivity index (χ3v) is 5.49. The molecule has 0 radical (unpaired) electrons. The smallest absolute Gasteiger partial charge is 0.234 e. The van der Waals surface area contributed by atoms with Gasteiger partial charge in [0.2, 0.25) is 5.91 Å². The van der Waals surface area contributed by atoms with Crippen LogP contribution in [-0.4, -0.2) is 53.6 Å². The van der Waals surface area contributed by atoms with Gasteiger partial charge >= 0.3 is 0 Å². The van der Waals surface area contributed by atoms with Crippen LogP contribution in [0.15, 0.2) is 65.2 Å². The molecule has 0 atom stereocenters. The van der Waals surface area contributed by atoms with E-state index in [4.69, 9.17) is 16.1 Å². The molecule has 1 fully saturated rings. The Morgan fingerprint density at radius 3 is 2.43 bits per heavy atom. The minimum atomic E-state index is 0.0649. The molecule has 7 heteroatoms. The van der Waals surface area contributed by atoms with Gasteiger partial charge in [0, 0.05) is 49.4 Å². The Kier molecular flexibility index (Phi) is 6.79. The summed E-state index contributed by atoms with van der Waals surface area (Å²) in [5.41, 5.74) is 2.91. The van der Waals surface area contributed by atoms with Gasteiger partial charge in [-0.3, -0.25) is 14.6 Å². The Bertz CT molecular complexity index is 951. The molecule has 0 unspecified atom stereocenters. The van der Waals surface area contributed by atoms with Crippen LogP contribution in [0.25, 0.3) is 11.3 Å². The van der Waals surface area contributed by atoms with Gasteiger partial charge in [-0.25, -0.2) is 0 Å². The van der Waals surface area contributed by atoms with E-state index >= 15 is 0 Å². The molecular formula is C23H25ClN4O2. The van der Waals surface area contributed by atoms with Gasteiger partial charge in [0.25, 0.3) is 0 Å². The lowest BCUT2D eigenvalue weighted by molar-refractivity contribution is -0.122. The fraction of sp³-hybridized carbons (Fsp3) is 0.304. The second-order valence-electron chi connectivity index (χ2n) is 7.50. The molecule has 3 aromatic rings. The van der Waals surface area contributed by atoms with Crippen LogP contribution in [-0.2, 0) is 17.9 Å². The number of amides is 1. The highest BCUT2D eigenvalue weighted by atomic mass is 35.5. The van der Waals surface area contributed by atoms with Crippen molar-refractivity contribution >= 4 is 17.5 Å². The summed E-state index contributed by atoms with van der Waals surface area (Å²) in [7, 11) is 0. The van der Waals surface area contributed by atoms with Gasteiger partial charge in [-0.15, -0.1) is 0 Å². The van der Waals surface area contributed by atoms with E-state index in [1.165, 1.54) is 0 Å². The number of benzene rings is 2. The second-order valence-corrected chi connectivity index (χ2v) is 7.94. The number of rotatable bonds is 7. The van der Waals surface area contributed by atoms with Gasteiger partial charge in [-0.1, -0.05) is 59.2 Å². The summed E-state index contributed by atoms with van der Waals surface area (Å²) in [5, 5.41) is 7.87. The second kappa shape index (κ2) is 9.89. The van der Waals surface area contributed by atoms with Crippen molar-refractivity contribution in [2.45, 2.75) is 13.1 Å². The molecular weight excluding hydrogens is 400 g/mol. The number of carbonyl (C=O) groups excluding carboxylic acids is 1. The Balaban J connectivity index is 1.20. The summed E-state index contributed by atoms with van der Waals surface area (Å²) in [6.07, 6.45) is 0. The highest BCUT2D eigenvalue weighted by Crippen LogP contribution is 2.22. The molecule has 0 aliphatic carbocycles. The van der Waals surface area contributed by atoms with Crippen molar-refractivity contribution < 1.29 is 9.32 Å². The fourth-order valence-corrected chi connectivity index (χ4v) is 3.65. The normalized spacial score (nSPS) is 15.2. The average Bonchev–Trinajstić information content (AvgIpc) is 3.23. The molecule has 6 nitrogen and oxygen atoms in total. The number of carbonyl (C=O) groups is 1. The predicted molar refractivity (Wildman–Crippen MR) is 117 cm³/mol. The molecule has 1 aliphatic rings. The lowest BCUT2D eigenvalue weighted by Gasteiger charge is -2.33. The van der Waals surface area contributed by atoms with E-state index in [2.05, 4.69) is 20.3 Å². The molecule has 0 bridgehead atoms. The molecule has 0 spiro atoms. The maximum Gasteiger partial charge on any atom is 0.234 e. The van der Waals surface area contributed by atoms with E-state index in [9.17, 15) is 4.79 Å².